The second-order valence-electron chi connectivity index (χ2n) is 6.09. The number of halogens is 4. The summed E-state index contributed by atoms with van der Waals surface area (Å²) in [7, 11) is 0. The third-order valence-electron chi connectivity index (χ3n) is 4.09. The number of hydrogen-bond acceptors (Lipinski definition) is 4. The normalized spacial score (nSPS) is 11.7. The second-order valence-corrected chi connectivity index (χ2v) is 7.01. The molecule has 0 aliphatic heterocycles. The van der Waals surface area contributed by atoms with Crippen molar-refractivity contribution in [1.82, 2.24) is 19.9 Å². The van der Waals surface area contributed by atoms with Crippen molar-refractivity contribution in [3.05, 3.63) is 76.4 Å². The smallest absolute Gasteiger partial charge is 0.433 e. The predicted octanol–water partition coefficient (Wildman–Crippen LogP) is 4.70. The summed E-state index contributed by atoms with van der Waals surface area (Å²) in [5.74, 6) is -0.126. The topological polar surface area (TPSA) is 72.4 Å². The van der Waals surface area contributed by atoms with Crippen LogP contribution in [0.1, 0.15) is 21.9 Å². The van der Waals surface area contributed by atoms with Gasteiger partial charge in [-0.25, -0.2) is 9.50 Å². The number of furan rings is 1. The maximum atomic E-state index is 13.6. The molecule has 0 fully saturated rings. The highest BCUT2D eigenvalue weighted by Gasteiger charge is 2.35. The van der Waals surface area contributed by atoms with Crippen LogP contribution in [0.3, 0.4) is 0 Å². The van der Waals surface area contributed by atoms with Crippen molar-refractivity contribution < 1.29 is 22.4 Å². The summed E-state index contributed by atoms with van der Waals surface area (Å²) in [5.41, 5.74) is -0.653. The third kappa shape index (κ3) is 4.02. The average Bonchev–Trinajstić information content (AvgIpc) is 3.34. The minimum absolute atomic E-state index is 0.0825. The molecule has 10 heteroatoms. The third-order valence-corrected chi connectivity index (χ3v) is 4.62. The van der Waals surface area contributed by atoms with Gasteiger partial charge in [-0.15, -0.1) is 0 Å². The molecule has 0 unspecified atom stereocenters. The Balaban J connectivity index is 1.73. The number of carbonyl (C=O) groups excluding carboxylic acids is 1. The second kappa shape index (κ2) is 7.36. The van der Waals surface area contributed by atoms with Gasteiger partial charge in [-0.05, 0) is 30.3 Å². The summed E-state index contributed by atoms with van der Waals surface area (Å²) in [6.07, 6.45) is -3.23. The summed E-state index contributed by atoms with van der Waals surface area (Å²) in [6, 6.07) is 12.2. The number of alkyl halides is 3. The van der Waals surface area contributed by atoms with Gasteiger partial charge in [0.05, 0.1) is 18.5 Å². The summed E-state index contributed by atoms with van der Waals surface area (Å²) in [5, 5.41) is 6.36. The molecule has 3 aromatic heterocycles. The molecule has 3 heterocycles. The fourth-order valence-corrected chi connectivity index (χ4v) is 2.99. The Morgan fingerprint density at radius 2 is 1.93 bits per heavy atom. The van der Waals surface area contributed by atoms with Gasteiger partial charge in [0.25, 0.3) is 5.91 Å². The number of benzene rings is 1. The van der Waals surface area contributed by atoms with Crippen LogP contribution in [0.25, 0.3) is 16.9 Å². The van der Waals surface area contributed by atoms with Crippen LogP contribution in [0.2, 0.25) is 0 Å². The first-order valence-electron chi connectivity index (χ1n) is 8.36. The predicted molar refractivity (Wildman–Crippen MR) is 101 cm³/mol. The van der Waals surface area contributed by atoms with E-state index in [-0.39, 0.29) is 23.6 Å². The molecule has 4 aromatic rings. The fraction of sp³-hybridized carbons (Fsp3) is 0.105. The molecule has 1 N–H and O–H groups in total. The molecular formula is C19H12BrF3N4O2. The SMILES string of the molecule is O=C(NCc1ccco1)c1cc2nc(-c3ccc(Br)cc3)cc(C(F)(F)F)n2n1. The minimum atomic E-state index is -4.68. The fourth-order valence-electron chi connectivity index (χ4n) is 2.73. The van der Waals surface area contributed by atoms with E-state index >= 15 is 0 Å². The van der Waals surface area contributed by atoms with Gasteiger partial charge in [0.15, 0.2) is 17.0 Å². The number of fused-ring (bicyclic) bond motifs is 1. The summed E-state index contributed by atoms with van der Waals surface area (Å²) in [6.45, 7) is 0.0867. The zero-order chi connectivity index (χ0) is 20.6. The molecule has 0 bridgehead atoms. The van der Waals surface area contributed by atoms with Gasteiger partial charge < -0.3 is 9.73 Å². The Labute approximate surface area is 170 Å². The Morgan fingerprint density at radius 3 is 2.59 bits per heavy atom. The lowest BCUT2D eigenvalue weighted by Crippen LogP contribution is -2.23. The number of aromatic nitrogens is 3. The molecule has 1 amide bonds. The van der Waals surface area contributed by atoms with E-state index < -0.39 is 17.8 Å². The van der Waals surface area contributed by atoms with E-state index in [0.717, 1.165) is 10.5 Å². The molecule has 29 heavy (non-hydrogen) atoms. The van der Waals surface area contributed by atoms with Crippen LogP contribution >= 0.6 is 15.9 Å². The van der Waals surface area contributed by atoms with Crippen molar-refractivity contribution in [3.8, 4) is 11.3 Å². The van der Waals surface area contributed by atoms with Crippen LogP contribution < -0.4 is 5.32 Å². The molecular weight excluding hydrogens is 453 g/mol. The molecule has 4 rings (SSSR count). The minimum Gasteiger partial charge on any atom is -0.467 e. The van der Waals surface area contributed by atoms with E-state index in [9.17, 15) is 18.0 Å². The van der Waals surface area contributed by atoms with Gasteiger partial charge in [-0.1, -0.05) is 28.1 Å². The number of hydrogen-bond donors (Lipinski definition) is 1. The van der Waals surface area contributed by atoms with Gasteiger partial charge in [0.2, 0.25) is 0 Å². The number of carbonyl (C=O) groups is 1. The maximum absolute atomic E-state index is 13.6. The lowest BCUT2D eigenvalue weighted by Gasteiger charge is -2.11. The molecule has 0 saturated heterocycles. The van der Waals surface area contributed by atoms with Crippen LogP contribution in [0.15, 0.2) is 63.7 Å². The van der Waals surface area contributed by atoms with Crippen LogP contribution in [-0.2, 0) is 12.7 Å². The molecule has 148 valence electrons. The van der Waals surface area contributed by atoms with Gasteiger partial charge in [-0.3, -0.25) is 4.79 Å². The molecule has 0 saturated carbocycles. The van der Waals surface area contributed by atoms with E-state index in [4.69, 9.17) is 4.42 Å². The van der Waals surface area contributed by atoms with Crippen LogP contribution in [-0.4, -0.2) is 20.5 Å². The summed E-state index contributed by atoms with van der Waals surface area (Å²) in [4.78, 5) is 16.6. The lowest BCUT2D eigenvalue weighted by atomic mass is 10.1. The van der Waals surface area contributed by atoms with Gasteiger partial charge >= 0.3 is 6.18 Å². The first-order chi connectivity index (χ1) is 13.8. The van der Waals surface area contributed by atoms with E-state index in [0.29, 0.717) is 15.8 Å². The van der Waals surface area contributed by atoms with Crippen molar-refractivity contribution in [1.29, 1.82) is 0 Å². The monoisotopic (exact) mass is 464 g/mol. The van der Waals surface area contributed by atoms with Crippen LogP contribution in [0.4, 0.5) is 13.2 Å². The quantitative estimate of drug-likeness (QED) is 0.475. The van der Waals surface area contributed by atoms with E-state index in [2.05, 4.69) is 31.3 Å². The Bertz CT molecular complexity index is 1170. The zero-order valence-electron chi connectivity index (χ0n) is 14.6. The Kier molecular flexibility index (Phi) is 4.87. The number of nitrogens with one attached hydrogen (secondary N) is 1. The van der Waals surface area contributed by atoms with E-state index in [1.165, 1.54) is 12.3 Å². The van der Waals surface area contributed by atoms with Crippen molar-refractivity contribution >= 4 is 27.5 Å². The van der Waals surface area contributed by atoms with Crippen LogP contribution in [0.5, 0.6) is 0 Å². The highest BCUT2D eigenvalue weighted by atomic mass is 79.9. The highest BCUT2D eigenvalue weighted by molar-refractivity contribution is 9.10. The number of nitrogens with zero attached hydrogens (tertiary/aromatic N) is 3. The molecule has 0 atom stereocenters. The van der Waals surface area contributed by atoms with Crippen molar-refractivity contribution in [2.45, 2.75) is 12.7 Å². The highest BCUT2D eigenvalue weighted by Crippen LogP contribution is 2.32. The standard InChI is InChI=1S/C19H12BrF3N4O2/c20-12-5-3-11(4-6-12)14-8-16(19(21,22)23)27-17(25-14)9-15(26-27)18(28)24-10-13-2-1-7-29-13/h1-9H,10H2,(H,24,28). The van der Waals surface area contributed by atoms with Crippen molar-refractivity contribution in [3.63, 3.8) is 0 Å². The zero-order valence-corrected chi connectivity index (χ0v) is 16.2. The first-order valence-corrected chi connectivity index (χ1v) is 9.15. The lowest BCUT2D eigenvalue weighted by molar-refractivity contribution is -0.142. The number of rotatable bonds is 4. The van der Waals surface area contributed by atoms with E-state index in [1.807, 2.05) is 0 Å². The average molecular weight is 465 g/mol. The maximum Gasteiger partial charge on any atom is 0.433 e. The molecule has 0 spiro atoms. The molecule has 0 radical (unpaired) electrons. The molecule has 0 aliphatic carbocycles. The van der Waals surface area contributed by atoms with Crippen LogP contribution in [0, 0.1) is 0 Å². The van der Waals surface area contributed by atoms with Gasteiger partial charge in [-0.2, -0.15) is 18.3 Å². The van der Waals surface area contributed by atoms with Gasteiger partial charge in [0.1, 0.15) is 5.76 Å². The van der Waals surface area contributed by atoms with Crippen molar-refractivity contribution in [2.75, 3.05) is 0 Å². The van der Waals surface area contributed by atoms with Crippen molar-refractivity contribution in [2.24, 2.45) is 0 Å². The first kappa shape index (κ1) is 19.2. The molecule has 0 aliphatic rings. The Morgan fingerprint density at radius 1 is 1.17 bits per heavy atom. The molecule has 6 nitrogen and oxygen atoms in total. The number of amides is 1. The summed E-state index contributed by atoms with van der Waals surface area (Å²) < 4.78 is 47.4. The largest absolute Gasteiger partial charge is 0.467 e. The van der Waals surface area contributed by atoms with E-state index in [1.54, 1.807) is 36.4 Å². The summed E-state index contributed by atoms with van der Waals surface area (Å²) >= 11 is 3.29. The van der Waals surface area contributed by atoms with Gasteiger partial charge in [0, 0.05) is 16.1 Å². The molecule has 1 aromatic carbocycles. The Hall–Kier alpha value is -3.14.